The zero-order valence-corrected chi connectivity index (χ0v) is 50.4. The number of unbranched alkanes of at least 4 members (excludes halogenated alkanes) is 29. The van der Waals surface area contributed by atoms with Crippen molar-refractivity contribution in [2.45, 2.75) is 276 Å². The molecule has 8 nitrogen and oxygen atoms in total. The van der Waals surface area contributed by atoms with E-state index in [0.717, 1.165) is 83.5 Å². The lowest BCUT2D eigenvalue weighted by Gasteiger charge is -2.29. The third-order valence-corrected chi connectivity index (χ3v) is 14.5. The van der Waals surface area contributed by atoms with Crippen LogP contribution >= 0.6 is 7.82 Å². The number of nitrogens with one attached hydrogen (secondary N) is 1. The second-order valence-corrected chi connectivity index (χ2v) is 23.4. The van der Waals surface area contributed by atoms with E-state index >= 15 is 0 Å². The summed E-state index contributed by atoms with van der Waals surface area (Å²) in [5.41, 5.74) is 0. The first kappa shape index (κ1) is 72.4. The van der Waals surface area contributed by atoms with Gasteiger partial charge in [0.05, 0.1) is 39.9 Å². The minimum absolute atomic E-state index is 0.00242. The minimum Gasteiger partial charge on any atom is -0.756 e. The molecule has 0 aromatic heterocycles. The lowest BCUT2D eigenvalue weighted by atomic mass is 10.0. The fourth-order valence-corrected chi connectivity index (χ4v) is 9.45. The molecular formula is C66H119N2O6P. The number of phosphoric acid groups is 1. The van der Waals surface area contributed by atoms with Gasteiger partial charge in [-0.25, -0.2) is 0 Å². The number of carbonyl (C=O) groups is 1. The Morgan fingerprint density at radius 3 is 1.19 bits per heavy atom. The molecule has 0 spiro atoms. The van der Waals surface area contributed by atoms with E-state index in [1.807, 2.05) is 27.2 Å². The van der Waals surface area contributed by atoms with Crippen LogP contribution in [0.3, 0.4) is 0 Å². The molecule has 0 aliphatic rings. The fourth-order valence-electron chi connectivity index (χ4n) is 8.72. The minimum atomic E-state index is -4.59. The Bertz CT molecular complexity index is 1540. The molecule has 0 saturated carbocycles. The second kappa shape index (κ2) is 56.2. The molecule has 2 N–H and O–H groups in total. The summed E-state index contributed by atoms with van der Waals surface area (Å²) in [6.07, 6.45) is 80.8. The van der Waals surface area contributed by atoms with Crippen molar-refractivity contribution < 1.29 is 32.9 Å². The van der Waals surface area contributed by atoms with Crippen molar-refractivity contribution >= 4 is 13.7 Å². The smallest absolute Gasteiger partial charge is 0.268 e. The van der Waals surface area contributed by atoms with Gasteiger partial charge in [0.15, 0.2) is 0 Å². The van der Waals surface area contributed by atoms with E-state index in [4.69, 9.17) is 9.05 Å². The molecule has 75 heavy (non-hydrogen) atoms. The predicted molar refractivity (Wildman–Crippen MR) is 325 cm³/mol. The van der Waals surface area contributed by atoms with Crippen LogP contribution in [-0.2, 0) is 18.4 Å². The average Bonchev–Trinajstić information content (AvgIpc) is 3.37. The number of hydrogen-bond donors (Lipinski definition) is 2. The van der Waals surface area contributed by atoms with Gasteiger partial charge in [-0.05, 0) is 77.0 Å². The lowest BCUT2D eigenvalue weighted by molar-refractivity contribution is -0.870. The zero-order valence-electron chi connectivity index (χ0n) is 49.5. The van der Waals surface area contributed by atoms with E-state index in [2.05, 4.69) is 104 Å². The summed E-state index contributed by atoms with van der Waals surface area (Å²) in [5, 5.41) is 13.8. The van der Waals surface area contributed by atoms with Gasteiger partial charge >= 0.3 is 0 Å². The Balaban J connectivity index is 3.92. The summed E-state index contributed by atoms with van der Waals surface area (Å²) < 4.78 is 23.3. The zero-order chi connectivity index (χ0) is 54.9. The van der Waals surface area contributed by atoms with Crippen LogP contribution in [-0.4, -0.2) is 68.5 Å². The van der Waals surface area contributed by atoms with Crippen molar-refractivity contribution in [3.05, 3.63) is 97.2 Å². The lowest BCUT2D eigenvalue weighted by Crippen LogP contribution is -2.45. The van der Waals surface area contributed by atoms with E-state index in [-0.39, 0.29) is 19.1 Å². The first-order valence-electron chi connectivity index (χ1n) is 31.1. The highest BCUT2D eigenvalue weighted by atomic mass is 31.2. The van der Waals surface area contributed by atoms with Crippen LogP contribution in [0, 0.1) is 0 Å². The van der Waals surface area contributed by atoms with E-state index in [0.29, 0.717) is 17.4 Å². The van der Waals surface area contributed by atoms with Crippen LogP contribution in [0.2, 0.25) is 0 Å². The molecule has 0 aliphatic heterocycles. The van der Waals surface area contributed by atoms with Gasteiger partial charge in [-0.2, -0.15) is 0 Å². The summed E-state index contributed by atoms with van der Waals surface area (Å²) >= 11 is 0. The van der Waals surface area contributed by atoms with E-state index in [9.17, 15) is 19.4 Å². The van der Waals surface area contributed by atoms with Crippen molar-refractivity contribution in [1.29, 1.82) is 0 Å². The van der Waals surface area contributed by atoms with Crippen molar-refractivity contribution in [3.63, 3.8) is 0 Å². The number of rotatable bonds is 56. The molecule has 0 aromatic rings. The molecule has 3 atom stereocenters. The number of nitrogens with zero attached hydrogens (tertiary/aromatic N) is 1. The number of amides is 1. The van der Waals surface area contributed by atoms with Gasteiger partial charge in [0.25, 0.3) is 7.82 Å². The highest BCUT2D eigenvalue weighted by Gasteiger charge is 2.23. The van der Waals surface area contributed by atoms with Crippen molar-refractivity contribution in [3.8, 4) is 0 Å². The highest BCUT2D eigenvalue weighted by Crippen LogP contribution is 2.38. The molecule has 9 heteroatoms. The van der Waals surface area contributed by atoms with Crippen molar-refractivity contribution in [1.82, 2.24) is 5.32 Å². The van der Waals surface area contributed by atoms with Crippen LogP contribution in [0.25, 0.3) is 0 Å². The van der Waals surface area contributed by atoms with Crippen molar-refractivity contribution in [2.24, 2.45) is 0 Å². The van der Waals surface area contributed by atoms with Crippen LogP contribution in [0.5, 0.6) is 0 Å². The molecule has 0 bridgehead atoms. The van der Waals surface area contributed by atoms with Crippen molar-refractivity contribution in [2.75, 3.05) is 40.9 Å². The SMILES string of the molecule is CC/C=C\C/C=C\C/C=C\C/C=C\C/C=C\C/C=C\C/C=C\CCCCCCCCCCCCCCCCCCCCCC(=O)NC(COP(=O)([O-])OCC[N+](C)(C)C)C(O)/C=C/CCCCCCCCCCCC. The second-order valence-electron chi connectivity index (χ2n) is 22.0. The summed E-state index contributed by atoms with van der Waals surface area (Å²) in [7, 11) is 1.26. The molecule has 3 unspecified atom stereocenters. The molecule has 0 rings (SSSR count). The first-order chi connectivity index (χ1) is 36.5. The Hall–Kier alpha value is -2.58. The van der Waals surface area contributed by atoms with Crippen LogP contribution < -0.4 is 10.2 Å². The number of phosphoric ester groups is 1. The first-order valence-corrected chi connectivity index (χ1v) is 32.6. The molecule has 0 aromatic carbocycles. The number of aliphatic hydroxyl groups is 1. The number of hydrogen-bond acceptors (Lipinski definition) is 6. The van der Waals surface area contributed by atoms with E-state index < -0.39 is 20.0 Å². The Labute approximate surface area is 464 Å². The molecule has 0 fully saturated rings. The summed E-state index contributed by atoms with van der Waals surface area (Å²) in [6, 6.07) is -0.888. The maximum atomic E-state index is 12.9. The molecule has 0 aliphatic carbocycles. The van der Waals surface area contributed by atoms with Gasteiger partial charge in [-0.1, -0.05) is 278 Å². The van der Waals surface area contributed by atoms with Gasteiger partial charge in [0.2, 0.25) is 5.91 Å². The Kier molecular flexibility index (Phi) is 54.2. The third-order valence-electron chi connectivity index (χ3n) is 13.5. The summed E-state index contributed by atoms with van der Waals surface area (Å²) in [5.74, 6) is -0.198. The molecule has 434 valence electrons. The van der Waals surface area contributed by atoms with Gasteiger partial charge < -0.3 is 28.8 Å². The number of likely N-dealkylation sites (N-methyl/N-ethyl adjacent to an activating group) is 1. The Morgan fingerprint density at radius 2 is 0.813 bits per heavy atom. The number of carbonyl (C=O) groups excluding carboxylic acids is 1. The van der Waals surface area contributed by atoms with Gasteiger partial charge in [0, 0.05) is 6.42 Å². The number of quaternary nitrogens is 1. The summed E-state index contributed by atoms with van der Waals surface area (Å²) in [6.45, 7) is 4.53. The van der Waals surface area contributed by atoms with Gasteiger partial charge in [-0.15, -0.1) is 0 Å². The Morgan fingerprint density at radius 1 is 0.480 bits per heavy atom. The van der Waals surface area contributed by atoms with Crippen LogP contribution in [0.4, 0.5) is 0 Å². The maximum Gasteiger partial charge on any atom is 0.268 e. The topological polar surface area (TPSA) is 108 Å². The molecule has 1 amide bonds. The molecule has 0 radical (unpaired) electrons. The standard InChI is InChI=1S/C66H119N2O6P/c1-6-8-10-12-14-16-18-20-21-22-23-24-25-26-27-28-29-30-31-32-33-34-35-36-37-38-39-40-41-42-43-44-45-46-47-48-50-52-54-56-58-60-66(70)67-64(63-74-75(71,72)73-62-61-68(3,4)5)65(69)59-57-55-53-51-49-19-17-15-13-11-9-7-2/h8,10,14,16,20-21,23-24,26-27,29-30,32-33,57,59,64-65,69H,6-7,9,11-13,15,17-19,22,25,28,31,34-56,58,60-63H2,1-5H3,(H-,67,70,71,72)/b10-8-,16-14-,21-20-,24-23-,27-26-,30-29-,33-32-,59-57+. The fraction of sp³-hybridized carbons (Fsp3) is 0.742. The maximum absolute atomic E-state index is 12.9. The van der Waals surface area contributed by atoms with E-state index in [1.165, 1.54) is 161 Å². The normalized spacial score (nSPS) is 14.5. The monoisotopic (exact) mass is 1070 g/mol. The predicted octanol–water partition coefficient (Wildman–Crippen LogP) is 18.7. The molecule has 0 saturated heterocycles. The third kappa shape index (κ3) is 58.9. The average molecular weight is 1070 g/mol. The summed E-state index contributed by atoms with van der Waals surface area (Å²) in [4.78, 5) is 25.5. The number of allylic oxidation sites excluding steroid dienone is 15. The highest BCUT2D eigenvalue weighted by molar-refractivity contribution is 7.45. The number of aliphatic hydroxyl groups excluding tert-OH is 1. The van der Waals surface area contributed by atoms with Gasteiger partial charge in [0.1, 0.15) is 13.2 Å². The largest absolute Gasteiger partial charge is 0.756 e. The van der Waals surface area contributed by atoms with E-state index in [1.54, 1.807) is 6.08 Å². The molecule has 0 heterocycles. The van der Waals surface area contributed by atoms with Gasteiger partial charge in [-0.3, -0.25) is 9.36 Å². The van der Waals surface area contributed by atoms with Crippen LogP contribution in [0.15, 0.2) is 97.2 Å². The quantitative estimate of drug-likeness (QED) is 0.0272. The molecular weight excluding hydrogens is 948 g/mol. The van der Waals surface area contributed by atoms with Crippen LogP contribution in [0.1, 0.15) is 264 Å².